The summed E-state index contributed by atoms with van der Waals surface area (Å²) in [5.74, 6) is 0. The number of anilines is 6. The first kappa shape index (κ1) is 46.7. The third-order valence-electron chi connectivity index (χ3n) is 17.6. The van der Waals surface area contributed by atoms with Crippen LogP contribution in [0.4, 0.5) is 34.1 Å². The van der Waals surface area contributed by atoms with E-state index in [1.54, 1.807) is 0 Å². The normalized spacial score (nSPS) is 12.7. The molecule has 0 atom stereocenters. The molecule has 16 aromatic rings. The van der Waals surface area contributed by atoms with Gasteiger partial charge in [0.2, 0.25) is 0 Å². The van der Waals surface area contributed by atoms with Crippen molar-refractivity contribution in [1.82, 2.24) is 0 Å². The number of fused-ring (bicyclic) bond motifs is 13. The molecule has 3 aromatic heterocycles. The van der Waals surface area contributed by atoms with Gasteiger partial charge in [0, 0.05) is 55.4 Å². The SMILES string of the molecule is c1ccc(-c2ccc3c(c2)B2c4cc(-c5ccccc5)ccc4N(c4c(-c5ccccc5)ccc5oc6ccccc6c45)c4cc(-c5ccc6oc7ccccc7c6c5)cc(c42)N3c2c(-c3ccccc3)ccc3oc4ccccc4c23)cc1. The Hall–Kier alpha value is -11.1. The van der Waals surface area contributed by atoms with Crippen LogP contribution in [0.25, 0.3) is 121 Å². The van der Waals surface area contributed by atoms with Gasteiger partial charge in [0.15, 0.2) is 0 Å². The van der Waals surface area contributed by atoms with Crippen LogP contribution >= 0.6 is 0 Å². The minimum Gasteiger partial charge on any atom is -0.456 e. The van der Waals surface area contributed by atoms with Crippen LogP contribution in [0.2, 0.25) is 0 Å². The van der Waals surface area contributed by atoms with Crippen molar-refractivity contribution in [3.63, 3.8) is 0 Å². The van der Waals surface area contributed by atoms with Gasteiger partial charge in [0.1, 0.15) is 33.5 Å². The molecule has 0 saturated carbocycles. The smallest absolute Gasteiger partial charge is 0.252 e. The second-order valence-corrected chi connectivity index (χ2v) is 22.2. The van der Waals surface area contributed by atoms with Gasteiger partial charge in [0.05, 0.1) is 22.1 Å². The molecule has 13 aromatic carbocycles. The summed E-state index contributed by atoms with van der Waals surface area (Å²) in [6, 6.07) is 104. The number of furan rings is 3. The zero-order valence-electron chi connectivity index (χ0n) is 45.3. The topological polar surface area (TPSA) is 45.9 Å². The highest BCUT2D eigenvalue weighted by Gasteiger charge is 2.46. The number of rotatable bonds is 7. The molecule has 2 aliphatic heterocycles. The van der Waals surface area contributed by atoms with Gasteiger partial charge in [-0.25, -0.2) is 0 Å². The van der Waals surface area contributed by atoms with Gasteiger partial charge in [0.25, 0.3) is 6.71 Å². The van der Waals surface area contributed by atoms with E-state index >= 15 is 0 Å². The monoisotopic (exact) mass is 1070 g/mol. The quantitative estimate of drug-likeness (QED) is 0.149. The van der Waals surface area contributed by atoms with Crippen molar-refractivity contribution in [2.45, 2.75) is 0 Å². The van der Waals surface area contributed by atoms with Gasteiger partial charge in [-0.15, -0.1) is 0 Å². The van der Waals surface area contributed by atoms with Crippen molar-refractivity contribution in [1.29, 1.82) is 0 Å². The van der Waals surface area contributed by atoms with Crippen molar-refractivity contribution in [3.05, 3.63) is 285 Å². The van der Waals surface area contributed by atoms with Crippen LogP contribution in [-0.2, 0) is 0 Å². The zero-order chi connectivity index (χ0) is 55.0. The maximum atomic E-state index is 6.91. The summed E-state index contributed by atoms with van der Waals surface area (Å²) in [6.07, 6.45) is 0. The van der Waals surface area contributed by atoms with Crippen LogP contribution in [0.15, 0.2) is 298 Å². The van der Waals surface area contributed by atoms with E-state index in [4.69, 9.17) is 13.3 Å². The highest BCUT2D eigenvalue weighted by Crippen LogP contribution is 2.55. The third-order valence-corrected chi connectivity index (χ3v) is 17.6. The molecule has 5 heterocycles. The Labute approximate surface area is 484 Å². The Morgan fingerprint density at radius 3 is 1.10 bits per heavy atom. The van der Waals surface area contributed by atoms with E-state index < -0.39 is 0 Å². The lowest BCUT2D eigenvalue weighted by Gasteiger charge is -2.45. The van der Waals surface area contributed by atoms with Crippen LogP contribution in [0.1, 0.15) is 0 Å². The van der Waals surface area contributed by atoms with Gasteiger partial charge in [-0.05, 0) is 140 Å². The molecule has 0 fully saturated rings. The van der Waals surface area contributed by atoms with E-state index in [0.29, 0.717) is 0 Å². The first-order chi connectivity index (χ1) is 41.7. The van der Waals surface area contributed by atoms with Crippen molar-refractivity contribution in [3.8, 4) is 55.6 Å². The molecule has 0 aliphatic carbocycles. The fourth-order valence-electron chi connectivity index (χ4n) is 13.9. The van der Waals surface area contributed by atoms with E-state index in [1.165, 1.54) is 16.4 Å². The molecule has 6 heteroatoms. The lowest BCUT2D eigenvalue weighted by atomic mass is 9.33. The highest BCUT2D eigenvalue weighted by molar-refractivity contribution is 7.00. The predicted octanol–water partition coefficient (Wildman–Crippen LogP) is 19.8. The highest BCUT2D eigenvalue weighted by atomic mass is 16.3. The lowest BCUT2D eigenvalue weighted by molar-refractivity contribution is 0.668. The Morgan fingerprint density at radius 2 is 0.607 bits per heavy atom. The van der Waals surface area contributed by atoms with Gasteiger partial charge in [-0.3, -0.25) is 0 Å². The van der Waals surface area contributed by atoms with Gasteiger partial charge in [-0.1, -0.05) is 206 Å². The Morgan fingerprint density at radius 1 is 0.238 bits per heavy atom. The number of hydrogen-bond donors (Lipinski definition) is 0. The largest absolute Gasteiger partial charge is 0.456 e. The fraction of sp³-hybridized carbons (Fsp3) is 0. The average Bonchev–Trinajstić information content (AvgIpc) is 0.869. The molecule has 0 amide bonds. The summed E-state index contributed by atoms with van der Waals surface area (Å²) in [4.78, 5) is 5.19. The van der Waals surface area contributed by atoms with Crippen LogP contribution in [0.5, 0.6) is 0 Å². The molecule has 5 nitrogen and oxygen atoms in total. The molecule has 0 unspecified atom stereocenters. The second kappa shape index (κ2) is 18.2. The van der Waals surface area contributed by atoms with Gasteiger partial charge >= 0.3 is 0 Å². The Bertz CT molecular complexity index is 5060. The minimum atomic E-state index is -0.241. The number of hydrogen-bond acceptors (Lipinski definition) is 5. The number of nitrogens with zero attached hydrogens (tertiary/aromatic N) is 2. The fourth-order valence-corrected chi connectivity index (χ4v) is 13.9. The summed E-state index contributed by atoms with van der Waals surface area (Å²) >= 11 is 0. The standard InChI is InChI=1S/C78H47BN2O3/c1-5-19-48(20-6-1)53-33-38-64-62(44-53)79-63-45-54(49-21-7-2-8-22-49)34-39-65(63)81(78-57(51-25-11-4-12-26-51)37-42-73-75(78)60-29-15-18-32-70(60)84-73)67-47-55(52-35-40-71-61(43-52)58-27-13-16-30-68(58)82-71)46-66(76(67)79)80(64)77-56(50-23-9-3-10-24-50)36-41-72-74(77)59-28-14-17-31-69(59)83-72/h1-47H. The van der Waals surface area contributed by atoms with E-state index in [9.17, 15) is 0 Å². The first-order valence-corrected chi connectivity index (χ1v) is 28.7. The molecule has 84 heavy (non-hydrogen) atoms. The van der Waals surface area contributed by atoms with Crippen molar-refractivity contribution in [2.24, 2.45) is 0 Å². The summed E-state index contributed by atoms with van der Waals surface area (Å²) < 4.78 is 20.4. The van der Waals surface area contributed by atoms with E-state index in [-0.39, 0.29) is 6.71 Å². The summed E-state index contributed by atoms with van der Waals surface area (Å²) in [7, 11) is 0. The molecule has 0 radical (unpaired) electrons. The van der Waals surface area contributed by atoms with Gasteiger partial charge in [-0.2, -0.15) is 0 Å². The summed E-state index contributed by atoms with van der Waals surface area (Å²) in [6.45, 7) is -0.241. The maximum absolute atomic E-state index is 6.91. The molecular formula is C78H47BN2O3. The Kier molecular flexibility index (Phi) is 10.1. The van der Waals surface area contributed by atoms with E-state index in [0.717, 1.165) is 156 Å². The zero-order valence-corrected chi connectivity index (χ0v) is 45.3. The summed E-state index contributed by atoms with van der Waals surface area (Å²) in [5.41, 5.74) is 26.2. The van der Waals surface area contributed by atoms with Crippen molar-refractivity contribution >= 4 is 123 Å². The van der Waals surface area contributed by atoms with Crippen LogP contribution in [0.3, 0.4) is 0 Å². The number of benzene rings is 13. The molecule has 0 N–H and O–H groups in total. The van der Waals surface area contributed by atoms with Crippen LogP contribution in [-0.4, -0.2) is 6.71 Å². The summed E-state index contributed by atoms with van der Waals surface area (Å²) in [5, 5.41) is 6.36. The Balaban J connectivity index is 1.04. The molecular weight excluding hydrogens is 1020 g/mol. The van der Waals surface area contributed by atoms with Crippen molar-refractivity contribution < 1.29 is 13.3 Å². The van der Waals surface area contributed by atoms with E-state index in [2.05, 4.69) is 289 Å². The van der Waals surface area contributed by atoms with Crippen LogP contribution in [0, 0.1) is 0 Å². The average molecular weight is 1070 g/mol. The molecule has 2 aliphatic rings. The molecule has 18 rings (SSSR count). The third kappa shape index (κ3) is 6.98. The van der Waals surface area contributed by atoms with Gasteiger partial charge < -0.3 is 23.1 Å². The second-order valence-electron chi connectivity index (χ2n) is 22.2. The molecule has 0 saturated heterocycles. The molecule has 0 spiro atoms. The minimum absolute atomic E-state index is 0.241. The van der Waals surface area contributed by atoms with Crippen LogP contribution < -0.4 is 26.2 Å². The molecule has 390 valence electrons. The maximum Gasteiger partial charge on any atom is 0.252 e. The first-order valence-electron chi connectivity index (χ1n) is 28.7. The molecule has 0 bridgehead atoms. The van der Waals surface area contributed by atoms with Crippen molar-refractivity contribution in [2.75, 3.05) is 9.80 Å². The predicted molar refractivity (Wildman–Crippen MR) is 349 cm³/mol. The lowest BCUT2D eigenvalue weighted by Crippen LogP contribution is -2.61. The van der Waals surface area contributed by atoms with E-state index in [1.807, 2.05) is 6.07 Å². The number of para-hydroxylation sites is 3.